The standard InChI is InChI=1S/C13H14FN3OS/c1-19(2)17-12-11(14)8-15-13(16-12)18-9-10-6-4-3-5-7-10/h3-8H,9H2,1-2H3. The van der Waals surface area contributed by atoms with E-state index < -0.39 is 5.82 Å². The zero-order valence-corrected chi connectivity index (χ0v) is 11.5. The number of rotatable bonds is 4. The van der Waals surface area contributed by atoms with Crippen LogP contribution in [-0.4, -0.2) is 22.5 Å². The monoisotopic (exact) mass is 279 g/mol. The predicted octanol–water partition coefficient (Wildman–Crippen LogP) is 2.89. The van der Waals surface area contributed by atoms with Gasteiger partial charge in [0.05, 0.1) is 6.20 Å². The van der Waals surface area contributed by atoms with E-state index in [0.717, 1.165) is 11.8 Å². The Kier molecular flexibility index (Phi) is 4.57. The number of hydrogen-bond acceptors (Lipinski definition) is 4. The molecule has 0 bridgehead atoms. The van der Waals surface area contributed by atoms with Crippen LogP contribution in [0.25, 0.3) is 0 Å². The Hall–Kier alpha value is -1.82. The van der Waals surface area contributed by atoms with Gasteiger partial charge in [0, 0.05) is 0 Å². The Morgan fingerprint density at radius 1 is 1.26 bits per heavy atom. The van der Waals surface area contributed by atoms with Gasteiger partial charge in [-0.25, -0.2) is 13.7 Å². The molecule has 4 nitrogen and oxygen atoms in total. The van der Waals surface area contributed by atoms with Crippen LogP contribution in [0.3, 0.4) is 0 Å². The van der Waals surface area contributed by atoms with Crippen molar-refractivity contribution in [3.8, 4) is 6.01 Å². The summed E-state index contributed by atoms with van der Waals surface area (Å²) in [6.45, 7) is 0.343. The van der Waals surface area contributed by atoms with Crippen LogP contribution in [0.2, 0.25) is 0 Å². The number of ether oxygens (including phenoxy) is 1. The summed E-state index contributed by atoms with van der Waals surface area (Å²) in [5, 5.41) is 0. The molecule has 0 aliphatic heterocycles. The average molecular weight is 279 g/mol. The molecule has 0 fully saturated rings. The topological polar surface area (TPSA) is 47.4 Å². The van der Waals surface area contributed by atoms with Crippen LogP contribution in [0.15, 0.2) is 40.9 Å². The molecular weight excluding hydrogens is 265 g/mol. The Balaban J connectivity index is 2.11. The van der Waals surface area contributed by atoms with Crippen LogP contribution in [0.5, 0.6) is 6.01 Å². The Labute approximate surface area is 113 Å². The predicted molar refractivity (Wildman–Crippen MR) is 74.1 cm³/mol. The van der Waals surface area contributed by atoms with E-state index in [2.05, 4.69) is 14.3 Å². The summed E-state index contributed by atoms with van der Waals surface area (Å²) in [4.78, 5) is 7.76. The highest BCUT2D eigenvalue weighted by molar-refractivity contribution is 7.85. The molecule has 0 saturated heterocycles. The summed E-state index contributed by atoms with van der Waals surface area (Å²) in [5.74, 6) is -0.486. The molecule has 6 heteroatoms. The van der Waals surface area contributed by atoms with Gasteiger partial charge in [0.1, 0.15) is 6.61 Å². The third-order valence-corrected chi connectivity index (χ3v) is 2.72. The van der Waals surface area contributed by atoms with Crippen molar-refractivity contribution >= 4 is 16.5 Å². The first kappa shape index (κ1) is 13.6. The Morgan fingerprint density at radius 2 is 2.00 bits per heavy atom. The number of aromatic nitrogens is 2. The van der Waals surface area contributed by atoms with Gasteiger partial charge in [-0.3, -0.25) is 0 Å². The number of halogens is 1. The van der Waals surface area contributed by atoms with E-state index in [4.69, 9.17) is 4.74 Å². The fourth-order valence-electron chi connectivity index (χ4n) is 1.37. The van der Waals surface area contributed by atoms with Crippen molar-refractivity contribution < 1.29 is 9.13 Å². The highest BCUT2D eigenvalue weighted by Crippen LogP contribution is 2.17. The molecular formula is C13H14FN3OS. The molecule has 0 unspecified atom stereocenters. The Morgan fingerprint density at radius 3 is 2.68 bits per heavy atom. The molecule has 1 aromatic heterocycles. The fraction of sp³-hybridized carbons (Fsp3) is 0.231. The molecule has 0 saturated carbocycles. The minimum atomic E-state index is -0.534. The zero-order chi connectivity index (χ0) is 13.7. The number of hydrogen-bond donors (Lipinski definition) is 0. The quantitative estimate of drug-likeness (QED) is 0.864. The molecule has 0 amide bonds. The summed E-state index contributed by atoms with van der Waals surface area (Å²) in [6.07, 6.45) is 4.84. The van der Waals surface area contributed by atoms with E-state index in [-0.39, 0.29) is 22.5 Å². The lowest BCUT2D eigenvalue weighted by Gasteiger charge is -2.05. The van der Waals surface area contributed by atoms with Crippen LogP contribution in [0.4, 0.5) is 10.2 Å². The Bertz CT molecular complexity index is 586. The highest BCUT2D eigenvalue weighted by atomic mass is 32.2. The molecule has 0 spiro atoms. The second-order valence-electron chi connectivity index (χ2n) is 3.96. The maximum atomic E-state index is 13.4. The zero-order valence-electron chi connectivity index (χ0n) is 10.7. The fourth-order valence-corrected chi connectivity index (χ4v) is 1.85. The molecule has 2 aromatic rings. The second-order valence-corrected chi connectivity index (χ2v) is 5.69. The maximum absolute atomic E-state index is 13.4. The summed E-state index contributed by atoms with van der Waals surface area (Å²) in [7, 11) is -0.286. The average Bonchev–Trinajstić information content (AvgIpc) is 2.40. The molecule has 0 radical (unpaired) electrons. The van der Waals surface area contributed by atoms with Gasteiger partial charge in [-0.15, -0.1) is 0 Å². The minimum absolute atomic E-state index is 0.0476. The molecule has 0 aliphatic rings. The summed E-state index contributed by atoms with van der Waals surface area (Å²) < 4.78 is 22.9. The minimum Gasteiger partial charge on any atom is -0.459 e. The van der Waals surface area contributed by atoms with Crippen molar-refractivity contribution in [3.63, 3.8) is 0 Å². The van der Waals surface area contributed by atoms with Crippen LogP contribution >= 0.6 is 0 Å². The van der Waals surface area contributed by atoms with Crippen LogP contribution < -0.4 is 4.74 Å². The van der Waals surface area contributed by atoms with Crippen molar-refractivity contribution in [1.82, 2.24) is 9.97 Å². The first-order valence-corrected chi connectivity index (χ1v) is 7.63. The lowest BCUT2D eigenvalue weighted by atomic mass is 10.2. The van der Waals surface area contributed by atoms with E-state index in [1.807, 2.05) is 42.8 Å². The molecule has 1 aromatic carbocycles. The third kappa shape index (κ3) is 4.10. The first-order valence-electron chi connectivity index (χ1n) is 5.64. The van der Waals surface area contributed by atoms with Crippen molar-refractivity contribution in [2.75, 3.05) is 12.5 Å². The van der Waals surface area contributed by atoms with E-state index >= 15 is 0 Å². The van der Waals surface area contributed by atoms with Crippen LogP contribution in [0, 0.1) is 5.82 Å². The lowest BCUT2D eigenvalue weighted by Crippen LogP contribution is -2.00. The summed E-state index contributed by atoms with van der Waals surface area (Å²) >= 11 is 0. The van der Waals surface area contributed by atoms with Gasteiger partial charge in [0.15, 0.2) is 5.82 Å². The molecule has 0 atom stereocenters. The highest BCUT2D eigenvalue weighted by Gasteiger charge is 2.07. The van der Waals surface area contributed by atoms with E-state index in [1.54, 1.807) is 0 Å². The van der Waals surface area contributed by atoms with Crippen LogP contribution in [0.1, 0.15) is 5.56 Å². The van der Waals surface area contributed by atoms with Gasteiger partial charge >= 0.3 is 6.01 Å². The molecule has 100 valence electrons. The molecule has 0 N–H and O–H groups in total. The van der Waals surface area contributed by atoms with Gasteiger partial charge < -0.3 is 4.74 Å². The maximum Gasteiger partial charge on any atom is 0.318 e. The van der Waals surface area contributed by atoms with Crippen molar-refractivity contribution in [1.29, 1.82) is 0 Å². The van der Waals surface area contributed by atoms with Crippen molar-refractivity contribution in [3.05, 3.63) is 47.9 Å². The number of nitrogens with zero attached hydrogens (tertiary/aromatic N) is 3. The van der Waals surface area contributed by atoms with Crippen molar-refractivity contribution in [2.24, 2.45) is 4.36 Å². The third-order valence-electron chi connectivity index (χ3n) is 2.18. The molecule has 19 heavy (non-hydrogen) atoms. The molecule has 1 heterocycles. The van der Waals surface area contributed by atoms with E-state index in [9.17, 15) is 4.39 Å². The van der Waals surface area contributed by atoms with Gasteiger partial charge in [-0.05, 0) is 18.1 Å². The SMILES string of the molecule is CS(C)=Nc1nc(OCc2ccccc2)ncc1F. The number of benzene rings is 1. The van der Waals surface area contributed by atoms with Gasteiger partial charge in [0.2, 0.25) is 5.82 Å². The smallest absolute Gasteiger partial charge is 0.318 e. The molecule has 2 rings (SSSR count). The largest absolute Gasteiger partial charge is 0.459 e. The van der Waals surface area contributed by atoms with E-state index in [0.29, 0.717) is 6.61 Å². The van der Waals surface area contributed by atoms with Gasteiger partial charge in [0.25, 0.3) is 0 Å². The first-order chi connectivity index (χ1) is 9.15. The van der Waals surface area contributed by atoms with Gasteiger partial charge in [-0.2, -0.15) is 4.98 Å². The van der Waals surface area contributed by atoms with Gasteiger partial charge in [-0.1, -0.05) is 41.0 Å². The van der Waals surface area contributed by atoms with E-state index in [1.165, 1.54) is 0 Å². The normalized spacial score (nSPS) is 10.5. The second kappa shape index (κ2) is 6.38. The summed E-state index contributed by atoms with van der Waals surface area (Å²) in [6, 6.07) is 9.78. The lowest BCUT2D eigenvalue weighted by molar-refractivity contribution is 0.280. The summed E-state index contributed by atoms with van der Waals surface area (Å²) in [5.41, 5.74) is 1.000. The molecule has 0 aliphatic carbocycles. The van der Waals surface area contributed by atoms with Crippen molar-refractivity contribution in [2.45, 2.75) is 6.61 Å². The van der Waals surface area contributed by atoms with Crippen LogP contribution in [-0.2, 0) is 17.3 Å².